The van der Waals surface area contributed by atoms with Crippen molar-refractivity contribution in [2.24, 2.45) is 4.99 Å². The predicted octanol–water partition coefficient (Wildman–Crippen LogP) is 0.440. The van der Waals surface area contributed by atoms with Gasteiger partial charge in [-0.3, -0.25) is 0 Å². The summed E-state index contributed by atoms with van der Waals surface area (Å²) in [6.45, 7) is 7.14. The average molecular weight is 201 g/mol. The predicted molar refractivity (Wildman–Crippen MR) is 51.5 cm³/mol. The van der Waals surface area contributed by atoms with Gasteiger partial charge in [-0.2, -0.15) is 0 Å². The van der Waals surface area contributed by atoms with Crippen LogP contribution in [0.5, 0.6) is 0 Å². The van der Waals surface area contributed by atoms with Crippen LogP contribution in [0.4, 0.5) is 0 Å². The molecule has 0 aromatic rings. The first kappa shape index (κ1) is 15.0. The lowest BCUT2D eigenvalue weighted by molar-refractivity contribution is -0.139. The molecule has 80 valence electrons. The monoisotopic (exact) mass is 201 g/mol. The standard InChI is InChI=1S/C6H10O3.C3H5NO/c1-5(2)6(8)9-4-3-7;1-2-4-3-5/h7H,1,3-4H2,2H3;2H2,1H3. The highest BCUT2D eigenvalue weighted by Crippen LogP contribution is 1.89. The van der Waals surface area contributed by atoms with Gasteiger partial charge in [0.25, 0.3) is 0 Å². The van der Waals surface area contributed by atoms with Crippen molar-refractivity contribution in [3.8, 4) is 0 Å². The molecule has 1 N–H and O–H groups in total. The van der Waals surface area contributed by atoms with Gasteiger partial charge in [-0.25, -0.2) is 14.6 Å². The van der Waals surface area contributed by atoms with Crippen molar-refractivity contribution in [1.29, 1.82) is 0 Å². The summed E-state index contributed by atoms with van der Waals surface area (Å²) in [4.78, 5) is 22.7. The molecule has 0 aromatic carbocycles. The van der Waals surface area contributed by atoms with E-state index < -0.39 is 5.97 Å². The molecule has 14 heavy (non-hydrogen) atoms. The van der Waals surface area contributed by atoms with Crippen molar-refractivity contribution in [3.05, 3.63) is 12.2 Å². The number of esters is 1. The number of hydrogen-bond acceptors (Lipinski definition) is 5. The second-order valence-corrected chi connectivity index (χ2v) is 2.21. The topological polar surface area (TPSA) is 76.0 Å². The third kappa shape index (κ3) is 13.2. The summed E-state index contributed by atoms with van der Waals surface area (Å²) < 4.78 is 4.46. The lowest BCUT2D eigenvalue weighted by atomic mass is 10.4. The van der Waals surface area contributed by atoms with E-state index in [4.69, 9.17) is 9.90 Å². The summed E-state index contributed by atoms with van der Waals surface area (Å²) in [6.07, 6.45) is 1.39. The third-order valence-corrected chi connectivity index (χ3v) is 0.896. The van der Waals surface area contributed by atoms with Crippen molar-refractivity contribution < 1.29 is 19.4 Å². The number of ether oxygens (including phenoxy) is 1. The second kappa shape index (κ2) is 11.6. The van der Waals surface area contributed by atoms with Gasteiger partial charge in [0.2, 0.25) is 6.08 Å². The van der Waals surface area contributed by atoms with Gasteiger partial charge < -0.3 is 9.84 Å². The number of aliphatic imine (C=N–C) groups is 1. The highest BCUT2D eigenvalue weighted by molar-refractivity contribution is 5.86. The van der Waals surface area contributed by atoms with Gasteiger partial charge in [-0.05, 0) is 13.8 Å². The van der Waals surface area contributed by atoms with E-state index in [9.17, 15) is 4.79 Å². The van der Waals surface area contributed by atoms with Crippen molar-refractivity contribution in [3.63, 3.8) is 0 Å². The Morgan fingerprint density at radius 1 is 1.64 bits per heavy atom. The van der Waals surface area contributed by atoms with E-state index >= 15 is 0 Å². The molecule has 0 fully saturated rings. The van der Waals surface area contributed by atoms with E-state index in [0.717, 1.165) is 0 Å². The van der Waals surface area contributed by atoms with Gasteiger partial charge in [0, 0.05) is 12.1 Å². The van der Waals surface area contributed by atoms with Crippen LogP contribution in [0, 0.1) is 0 Å². The largest absolute Gasteiger partial charge is 0.460 e. The molecule has 5 nitrogen and oxygen atoms in total. The smallest absolute Gasteiger partial charge is 0.333 e. The SMILES string of the molecule is C=C(C)C(=O)OCCO.CCN=C=O. The molecule has 0 aliphatic carbocycles. The molecule has 0 aliphatic heterocycles. The maximum atomic E-state index is 10.5. The highest BCUT2D eigenvalue weighted by Gasteiger charge is 1.99. The summed E-state index contributed by atoms with van der Waals surface area (Å²) in [6, 6.07) is 0. The Hall–Kier alpha value is -1.45. The summed E-state index contributed by atoms with van der Waals surface area (Å²) in [5.74, 6) is -0.455. The van der Waals surface area contributed by atoms with E-state index in [2.05, 4.69) is 16.3 Å². The fraction of sp³-hybridized carbons (Fsp3) is 0.556. The van der Waals surface area contributed by atoms with Crippen molar-refractivity contribution in [1.82, 2.24) is 0 Å². The first-order valence-electron chi connectivity index (χ1n) is 4.07. The number of carbonyl (C=O) groups excluding carboxylic acids is 2. The third-order valence-electron chi connectivity index (χ3n) is 0.896. The zero-order valence-electron chi connectivity index (χ0n) is 8.45. The maximum Gasteiger partial charge on any atom is 0.333 e. The molecule has 0 atom stereocenters. The Balaban J connectivity index is 0. The van der Waals surface area contributed by atoms with Crippen LogP contribution in [0.2, 0.25) is 0 Å². The van der Waals surface area contributed by atoms with Crippen molar-refractivity contribution in [2.45, 2.75) is 13.8 Å². The van der Waals surface area contributed by atoms with E-state index in [-0.39, 0.29) is 13.2 Å². The van der Waals surface area contributed by atoms with Gasteiger partial charge in [0.1, 0.15) is 6.61 Å². The van der Waals surface area contributed by atoms with E-state index in [0.29, 0.717) is 12.1 Å². The van der Waals surface area contributed by atoms with Crippen LogP contribution in [-0.4, -0.2) is 36.9 Å². The molecule has 0 rings (SSSR count). The molecule has 0 radical (unpaired) electrons. The Morgan fingerprint density at radius 2 is 2.21 bits per heavy atom. The van der Waals surface area contributed by atoms with Crippen LogP contribution in [0.1, 0.15) is 13.8 Å². The zero-order chi connectivity index (χ0) is 11.4. The van der Waals surface area contributed by atoms with Crippen LogP contribution in [0.15, 0.2) is 17.1 Å². The van der Waals surface area contributed by atoms with Gasteiger partial charge >= 0.3 is 5.97 Å². The molecular weight excluding hydrogens is 186 g/mol. The molecule has 0 aromatic heterocycles. The molecule has 0 heterocycles. The molecule has 0 saturated carbocycles. The van der Waals surface area contributed by atoms with Crippen LogP contribution in [-0.2, 0) is 14.3 Å². The molecule has 0 bridgehead atoms. The van der Waals surface area contributed by atoms with Crippen LogP contribution in [0.25, 0.3) is 0 Å². The molecule has 0 amide bonds. The summed E-state index contributed by atoms with van der Waals surface area (Å²) in [5.41, 5.74) is 0.350. The van der Waals surface area contributed by atoms with Crippen molar-refractivity contribution in [2.75, 3.05) is 19.8 Å². The molecule has 0 saturated heterocycles. The highest BCUT2D eigenvalue weighted by atomic mass is 16.5. The molecule has 5 heteroatoms. The summed E-state index contributed by atoms with van der Waals surface area (Å²) in [5, 5.41) is 8.19. The Bertz CT molecular complexity index is 219. The van der Waals surface area contributed by atoms with Gasteiger partial charge in [-0.15, -0.1) is 0 Å². The fourth-order valence-electron chi connectivity index (χ4n) is 0.326. The molecular formula is C9H15NO4. The summed E-state index contributed by atoms with van der Waals surface area (Å²) >= 11 is 0. The molecule has 0 spiro atoms. The lowest BCUT2D eigenvalue weighted by Gasteiger charge is -1.99. The quantitative estimate of drug-likeness (QED) is 0.310. The average Bonchev–Trinajstić information content (AvgIpc) is 2.16. The molecule has 0 unspecified atom stereocenters. The fourth-order valence-corrected chi connectivity index (χ4v) is 0.326. The van der Waals surface area contributed by atoms with Crippen molar-refractivity contribution >= 4 is 12.0 Å². The second-order valence-electron chi connectivity index (χ2n) is 2.21. The summed E-state index contributed by atoms with van der Waals surface area (Å²) in [7, 11) is 0. The number of rotatable bonds is 4. The van der Waals surface area contributed by atoms with Crippen LogP contribution in [0.3, 0.4) is 0 Å². The number of aliphatic hydroxyl groups is 1. The number of isocyanates is 1. The number of aliphatic hydroxyl groups excluding tert-OH is 1. The minimum atomic E-state index is -0.455. The molecule has 0 aliphatic rings. The number of hydrogen-bond donors (Lipinski definition) is 1. The van der Waals surface area contributed by atoms with E-state index in [1.165, 1.54) is 6.08 Å². The van der Waals surface area contributed by atoms with E-state index in [1.807, 2.05) is 0 Å². The zero-order valence-corrected chi connectivity index (χ0v) is 8.45. The first-order chi connectivity index (χ1) is 6.59. The number of carbonyl (C=O) groups is 1. The Morgan fingerprint density at radius 3 is 2.43 bits per heavy atom. The maximum absolute atomic E-state index is 10.5. The minimum Gasteiger partial charge on any atom is -0.460 e. The number of nitrogens with zero attached hydrogens (tertiary/aromatic N) is 1. The van der Waals surface area contributed by atoms with Gasteiger partial charge in [-0.1, -0.05) is 6.58 Å². The lowest BCUT2D eigenvalue weighted by Crippen LogP contribution is -2.08. The van der Waals surface area contributed by atoms with Gasteiger partial charge in [0.15, 0.2) is 0 Å². The van der Waals surface area contributed by atoms with Crippen LogP contribution < -0.4 is 0 Å². The van der Waals surface area contributed by atoms with E-state index in [1.54, 1.807) is 13.8 Å². The van der Waals surface area contributed by atoms with Gasteiger partial charge in [0.05, 0.1) is 6.61 Å². The van der Waals surface area contributed by atoms with Crippen LogP contribution >= 0.6 is 0 Å². The normalized spacial score (nSPS) is 7.64. The minimum absolute atomic E-state index is 0.0473. The first-order valence-corrected chi connectivity index (χ1v) is 4.07. The Labute approximate surface area is 83.1 Å². The Kier molecular flexibility index (Phi) is 12.4.